The molecular formula is C27H34N8O5S. The number of nitrogens with zero attached hydrogens (tertiary/aromatic N) is 7. The van der Waals surface area contributed by atoms with Crippen LogP contribution >= 0.6 is 0 Å². The van der Waals surface area contributed by atoms with Crippen LogP contribution in [0.15, 0.2) is 46.3 Å². The van der Waals surface area contributed by atoms with Gasteiger partial charge in [-0.15, -0.1) is 0 Å². The van der Waals surface area contributed by atoms with E-state index in [0.717, 1.165) is 17.8 Å². The maximum atomic E-state index is 13.6. The Kier molecular flexibility index (Phi) is 8.73. The summed E-state index contributed by atoms with van der Waals surface area (Å²) in [4.78, 5) is 31.5. The van der Waals surface area contributed by atoms with Crippen LogP contribution in [-0.2, 0) is 23.0 Å². The molecule has 0 spiro atoms. The number of pyridine rings is 2. The number of piperazine rings is 1. The zero-order valence-corrected chi connectivity index (χ0v) is 24.0. The molecule has 1 aliphatic heterocycles. The molecule has 4 aromatic rings. The molecule has 4 aromatic heterocycles. The van der Waals surface area contributed by atoms with Gasteiger partial charge in [0.25, 0.3) is 5.56 Å². The number of nitrogens with one attached hydrogen (secondary N) is 1. The fraction of sp³-hybridized carbons (Fsp3) is 0.444. The van der Waals surface area contributed by atoms with Crippen molar-refractivity contribution in [1.29, 1.82) is 0 Å². The highest BCUT2D eigenvalue weighted by Gasteiger charge is 2.30. The number of aliphatic hydroxyl groups is 1. The highest BCUT2D eigenvalue weighted by atomic mass is 32.2. The molecule has 0 aromatic carbocycles. The predicted molar refractivity (Wildman–Crippen MR) is 152 cm³/mol. The van der Waals surface area contributed by atoms with Gasteiger partial charge in [-0.1, -0.05) is 19.4 Å². The van der Waals surface area contributed by atoms with Gasteiger partial charge >= 0.3 is 0 Å². The van der Waals surface area contributed by atoms with E-state index in [9.17, 15) is 18.3 Å². The molecule has 0 aliphatic carbocycles. The number of aliphatic hydroxyl groups excluding tert-OH is 1. The van der Waals surface area contributed by atoms with E-state index in [2.05, 4.69) is 20.1 Å². The Morgan fingerprint density at radius 3 is 2.59 bits per heavy atom. The number of β-amino-alcohol motifs (C(OH)–C–C–N with tert-alkyl or cyclic N) is 1. The first kappa shape index (κ1) is 28.8. The smallest absolute Gasteiger partial charge is 0.279 e. The lowest BCUT2D eigenvalue weighted by atomic mass is 10.2. The summed E-state index contributed by atoms with van der Waals surface area (Å²) in [7, 11) is -3.88. The lowest BCUT2D eigenvalue weighted by Gasteiger charge is -2.33. The van der Waals surface area contributed by atoms with Gasteiger partial charge in [0.1, 0.15) is 16.2 Å². The zero-order valence-electron chi connectivity index (χ0n) is 23.2. The summed E-state index contributed by atoms with van der Waals surface area (Å²) in [5.41, 5.74) is 2.05. The number of H-pyrrole nitrogens is 1. The van der Waals surface area contributed by atoms with Gasteiger partial charge in [0.15, 0.2) is 5.52 Å². The van der Waals surface area contributed by atoms with Gasteiger partial charge in [-0.25, -0.2) is 18.4 Å². The van der Waals surface area contributed by atoms with Crippen LogP contribution in [0.5, 0.6) is 5.88 Å². The summed E-state index contributed by atoms with van der Waals surface area (Å²) in [5.74, 6) is 0.317. The molecule has 0 atom stereocenters. The summed E-state index contributed by atoms with van der Waals surface area (Å²) < 4.78 is 36.0. The van der Waals surface area contributed by atoms with E-state index in [0.29, 0.717) is 51.2 Å². The highest BCUT2D eigenvalue weighted by molar-refractivity contribution is 7.89. The van der Waals surface area contributed by atoms with Gasteiger partial charge in [0.2, 0.25) is 15.9 Å². The van der Waals surface area contributed by atoms with E-state index in [1.165, 1.54) is 16.6 Å². The van der Waals surface area contributed by atoms with Crippen LogP contribution in [0.1, 0.15) is 31.7 Å². The number of fused-ring (bicyclic) bond motifs is 1. The minimum atomic E-state index is -3.88. The van der Waals surface area contributed by atoms with Crippen LogP contribution < -0.4 is 10.3 Å². The van der Waals surface area contributed by atoms with Crippen molar-refractivity contribution < 1.29 is 18.3 Å². The minimum absolute atomic E-state index is 0.0195. The lowest BCUT2D eigenvalue weighted by molar-refractivity contribution is 0.151. The van der Waals surface area contributed by atoms with Crippen molar-refractivity contribution in [3.8, 4) is 17.3 Å². The molecule has 41 heavy (non-hydrogen) atoms. The topological polar surface area (TPSA) is 159 Å². The number of ether oxygens (including phenoxy) is 1. The van der Waals surface area contributed by atoms with Crippen LogP contribution in [0.3, 0.4) is 0 Å². The van der Waals surface area contributed by atoms with Crippen LogP contribution in [0.25, 0.3) is 22.4 Å². The molecule has 1 aliphatic rings. The SMILES string of the molecule is CCCc1c2nc(-c3cc(S(=O)(=O)N4CCN(CCO)CC4)cnc3OCC)[nH]c(=O)c2nn1Cc1ccccn1. The summed E-state index contributed by atoms with van der Waals surface area (Å²) in [5, 5.41) is 13.8. The van der Waals surface area contributed by atoms with Gasteiger partial charge in [0.05, 0.1) is 42.9 Å². The average molecular weight is 583 g/mol. The maximum absolute atomic E-state index is 13.6. The molecule has 218 valence electrons. The Morgan fingerprint density at radius 1 is 1.10 bits per heavy atom. The normalized spacial score (nSPS) is 15.0. The maximum Gasteiger partial charge on any atom is 0.279 e. The summed E-state index contributed by atoms with van der Waals surface area (Å²) in [6.07, 6.45) is 4.41. The number of hydrogen-bond donors (Lipinski definition) is 2. The van der Waals surface area contributed by atoms with Crippen molar-refractivity contribution in [3.63, 3.8) is 0 Å². The molecule has 1 saturated heterocycles. The van der Waals surface area contributed by atoms with E-state index < -0.39 is 15.6 Å². The average Bonchev–Trinajstić information content (AvgIpc) is 3.32. The third-order valence-electron chi connectivity index (χ3n) is 6.97. The van der Waals surface area contributed by atoms with Crippen molar-refractivity contribution in [2.45, 2.75) is 38.1 Å². The summed E-state index contributed by atoms with van der Waals surface area (Å²) in [6, 6.07) is 7.08. The number of aromatic amines is 1. The molecule has 0 saturated carbocycles. The number of sulfonamides is 1. The number of hydrogen-bond acceptors (Lipinski definition) is 10. The van der Waals surface area contributed by atoms with Crippen LogP contribution in [0.4, 0.5) is 0 Å². The van der Waals surface area contributed by atoms with Crippen LogP contribution in [-0.4, -0.2) is 98.4 Å². The lowest BCUT2D eigenvalue weighted by Crippen LogP contribution is -2.49. The van der Waals surface area contributed by atoms with Crippen molar-refractivity contribution in [3.05, 3.63) is 58.4 Å². The molecule has 0 bridgehead atoms. The van der Waals surface area contributed by atoms with Gasteiger partial charge in [0, 0.05) is 38.9 Å². The number of aryl methyl sites for hydroxylation is 1. The second-order valence-electron chi connectivity index (χ2n) is 9.71. The minimum Gasteiger partial charge on any atom is -0.477 e. The quantitative estimate of drug-likeness (QED) is 0.264. The molecular weight excluding hydrogens is 548 g/mol. The first-order valence-corrected chi connectivity index (χ1v) is 15.2. The Balaban J connectivity index is 1.57. The monoisotopic (exact) mass is 582 g/mol. The Hall–Kier alpha value is -3.72. The first-order chi connectivity index (χ1) is 19.8. The molecule has 14 heteroatoms. The molecule has 2 N–H and O–H groups in total. The fourth-order valence-electron chi connectivity index (χ4n) is 4.93. The first-order valence-electron chi connectivity index (χ1n) is 13.7. The van der Waals surface area contributed by atoms with Crippen molar-refractivity contribution in [2.75, 3.05) is 45.9 Å². The van der Waals surface area contributed by atoms with Crippen LogP contribution in [0, 0.1) is 0 Å². The van der Waals surface area contributed by atoms with Crippen molar-refractivity contribution >= 4 is 21.1 Å². The van der Waals surface area contributed by atoms with Crippen molar-refractivity contribution in [2.24, 2.45) is 0 Å². The second kappa shape index (κ2) is 12.4. The van der Waals surface area contributed by atoms with Gasteiger partial charge in [-0.05, 0) is 31.5 Å². The molecule has 0 amide bonds. The number of rotatable bonds is 11. The predicted octanol–water partition coefficient (Wildman–Crippen LogP) is 1.27. The van der Waals surface area contributed by atoms with Gasteiger partial charge < -0.3 is 14.8 Å². The summed E-state index contributed by atoms with van der Waals surface area (Å²) >= 11 is 0. The Morgan fingerprint density at radius 2 is 1.90 bits per heavy atom. The standard InChI is InChI=1S/C27H34N8O5S/c1-3-7-22-23-24(32-35(22)18-19-8-5-6-9-28-19)26(37)31-25(30-23)21-16-20(17-29-27(21)40-4-2)41(38,39)34-12-10-33(11-13-34)14-15-36/h5-6,8-9,16-17,36H,3-4,7,10-15,18H2,1-2H3,(H,30,31,37). The third kappa shape index (κ3) is 6.00. The van der Waals surface area contributed by atoms with Gasteiger partial charge in [-0.2, -0.15) is 9.40 Å². The summed E-state index contributed by atoms with van der Waals surface area (Å²) in [6.45, 7) is 6.65. The molecule has 13 nitrogen and oxygen atoms in total. The number of aromatic nitrogens is 6. The molecule has 0 unspecified atom stereocenters. The fourth-order valence-corrected chi connectivity index (χ4v) is 6.33. The van der Waals surface area contributed by atoms with Gasteiger partial charge in [-0.3, -0.25) is 19.4 Å². The zero-order chi connectivity index (χ0) is 29.0. The van der Waals surface area contributed by atoms with E-state index in [-0.39, 0.29) is 40.9 Å². The van der Waals surface area contributed by atoms with E-state index in [1.807, 2.05) is 30.0 Å². The second-order valence-corrected chi connectivity index (χ2v) is 11.7. The molecule has 5 heterocycles. The largest absolute Gasteiger partial charge is 0.477 e. The third-order valence-corrected chi connectivity index (χ3v) is 8.84. The van der Waals surface area contributed by atoms with E-state index in [1.54, 1.807) is 17.8 Å². The van der Waals surface area contributed by atoms with E-state index in [4.69, 9.17) is 9.72 Å². The Labute approximate surface area is 237 Å². The van der Waals surface area contributed by atoms with Crippen molar-refractivity contribution in [1.82, 2.24) is 38.9 Å². The Bertz CT molecular complexity index is 1660. The van der Waals surface area contributed by atoms with Crippen LogP contribution in [0.2, 0.25) is 0 Å². The molecule has 0 radical (unpaired) electrons. The molecule has 1 fully saturated rings. The highest BCUT2D eigenvalue weighted by Crippen LogP contribution is 2.30. The van der Waals surface area contributed by atoms with E-state index >= 15 is 0 Å². The molecule has 5 rings (SSSR count).